The van der Waals surface area contributed by atoms with Gasteiger partial charge in [-0.2, -0.15) is 0 Å². The predicted molar refractivity (Wildman–Crippen MR) is 80.8 cm³/mol. The molecule has 0 bridgehead atoms. The van der Waals surface area contributed by atoms with Crippen LogP contribution in [0.5, 0.6) is 0 Å². The van der Waals surface area contributed by atoms with Crippen LogP contribution in [0.25, 0.3) is 0 Å². The van der Waals surface area contributed by atoms with E-state index in [1.54, 1.807) is 0 Å². The Morgan fingerprint density at radius 2 is 1.85 bits per heavy atom. The van der Waals surface area contributed by atoms with E-state index in [0.29, 0.717) is 0 Å². The highest BCUT2D eigenvalue weighted by molar-refractivity contribution is 5.36. The standard InChI is InChI=1S/C18H26O2/c1-17(2)11-15(18(3,4)20-17)16(19)14-9-8-12-6-5-7-13(12)10-14/h8-10,15-16,19H,5-7,11H2,1-4H3. The van der Waals surface area contributed by atoms with Gasteiger partial charge in [0.2, 0.25) is 0 Å². The second-order valence-electron chi connectivity index (χ2n) is 7.60. The molecule has 0 saturated carbocycles. The molecule has 2 atom stereocenters. The Balaban J connectivity index is 1.87. The number of hydrogen-bond acceptors (Lipinski definition) is 2. The Kier molecular flexibility index (Phi) is 3.22. The smallest absolute Gasteiger partial charge is 0.0846 e. The summed E-state index contributed by atoms with van der Waals surface area (Å²) in [4.78, 5) is 0. The van der Waals surface area contributed by atoms with Crippen LogP contribution in [0.2, 0.25) is 0 Å². The molecule has 0 amide bonds. The average molecular weight is 274 g/mol. The van der Waals surface area contributed by atoms with Crippen LogP contribution in [0.3, 0.4) is 0 Å². The van der Waals surface area contributed by atoms with Crippen molar-refractivity contribution in [3.8, 4) is 0 Å². The fourth-order valence-corrected chi connectivity index (χ4v) is 4.10. The molecule has 1 aromatic carbocycles. The van der Waals surface area contributed by atoms with Gasteiger partial charge in [0, 0.05) is 5.92 Å². The Hall–Kier alpha value is -0.860. The zero-order chi connectivity index (χ0) is 14.5. The Bertz CT molecular complexity index is 516. The molecule has 2 heteroatoms. The molecule has 2 nitrogen and oxygen atoms in total. The topological polar surface area (TPSA) is 29.5 Å². The van der Waals surface area contributed by atoms with E-state index in [-0.39, 0.29) is 17.1 Å². The minimum atomic E-state index is -0.433. The molecular weight excluding hydrogens is 248 g/mol. The van der Waals surface area contributed by atoms with Gasteiger partial charge in [0.05, 0.1) is 17.3 Å². The maximum Gasteiger partial charge on any atom is 0.0846 e. The molecular formula is C18H26O2. The first-order valence-corrected chi connectivity index (χ1v) is 7.78. The normalized spacial score (nSPS) is 28.4. The number of benzene rings is 1. The first-order chi connectivity index (χ1) is 9.28. The van der Waals surface area contributed by atoms with Gasteiger partial charge in [-0.05, 0) is 70.1 Å². The molecule has 0 aromatic heterocycles. The highest BCUT2D eigenvalue weighted by atomic mass is 16.5. The van der Waals surface area contributed by atoms with Crippen molar-refractivity contribution in [2.45, 2.75) is 70.7 Å². The van der Waals surface area contributed by atoms with Crippen molar-refractivity contribution in [1.29, 1.82) is 0 Å². The van der Waals surface area contributed by atoms with Crippen molar-refractivity contribution in [1.82, 2.24) is 0 Å². The minimum absolute atomic E-state index is 0.147. The Morgan fingerprint density at radius 3 is 2.50 bits per heavy atom. The van der Waals surface area contributed by atoms with Crippen LogP contribution in [0.1, 0.15) is 63.3 Å². The molecule has 3 rings (SSSR count). The first-order valence-electron chi connectivity index (χ1n) is 7.78. The van der Waals surface area contributed by atoms with Crippen LogP contribution >= 0.6 is 0 Å². The van der Waals surface area contributed by atoms with Crippen LogP contribution in [0.15, 0.2) is 18.2 Å². The molecule has 0 spiro atoms. The molecule has 0 radical (unpaired) electrons. The number of aliphatic hydroxyl groups excluding tert-OH is 1. The molecule has 2 aliphatic rings. The third kappa shape index (κ3) is 2.40. The van der Waals surface area contributed by atoms with E-state index in [0.717, 1.165) is 18.4 Å². The largest absolute Gasteiger partial charge is 0.388 e. The summed E-state index contributed by atoms with van der Waals surface area (Å²) in [7, 11) is 0. The van der Waals surface area contributed by atoms with Gasteiger partial charge in [0.25, 0.3) is 0 Å². The Labute approximate surface area is 122 Å². The molecule has 1 N–H and O–H groups in total. The number of fused-ring (bicyclic) bond motifs is 1. The van der Waals surface area contributed by atoms with Crippen LogP contribution in [-0.2, 0) is 17.6 Å². The van der Waals surface area contributed by atoms with Crippen molar-refractivity contribution in [3.63, 3.8) is 0 Å². The summed E-state index contributed by atoms with van der Waals surface area (Å²) >= 11 is 0. The number of aryl methyl sites for hydroxylation is 2. The van der Waals surface area contributed by atoms with Crippen molar-refractivity contribution >= 4 is 0 Å². The fraction of sp³-hybridized carbons (Fsp3) is 0.667. The summed E-state index contributed by atoms with van der Waals surface area (Å²) in [6.07, 6.45) is 4.07. The summed E-state index contributed by atoms with van der Waals surface area (Å²) < 4.78 is 6.12. The van der Waals surface area contributed by atoms with Gasteiger partial charge in [-0.25, -0.2) is 0 Å². The molecule has 110 valence electrons. The second kappa shape index (κ2) is 4.57. The van der Waals surface area contributed by atoms with E-state index >= 15 is 0 Å². The van der Waals surface area contributed by atoms with E-state index in [9.17, 15) is 5.11 Å². The third-order valence-electron chi connectivity index (χ3n) is 4.99. The average Bonchev–Trinajstić information content (AvgIpc) is 2.88. The molecule has 1 aromatic rings. The molecule has 2 unspecified atom stereocenters. The number of aliphatic hydroxyl groups is 1. The van der Waals surface area contributed by atoms with Gasteiger partial charge in [-0.1, -0.05) is 18.2 Å². The highest BCUT2D eigenvalue weighted by Crippen LogP contribution is 2.47. The summed E-state index contributed by atoms with van der Waals surface area (Å²) in [5, 5.41) is 10.8. The monoisotopic (exact) mass is 274 g/mol. The molecule has 1 saturated heterocycles. The van der Waals surface area contributed by atoms with E-state index in [4.69, 9.17) is 4.74 Å². The van der Waals surface area contributed by atoms with Crippen molar-refractivity contribution in [2.75, 3.05) is 0 Å². The van der Waals surface area contributed by atoms with Crippen molar-refractivity contribution in [2.24, 2.45) is 5.92 Å². The van der Waals surface area contributed by atoms with E-state index in [2.05, 4.69) is 45.9 Å². The lowest BCUT2D eigenvalue weighted by Crippen LogP contribution is -2.32. The zero-order valence-corrected chi connectivity index (χ0v) is 13.1. The molecule has 20 heavy (non-hydrogen) atoms. The predicted octanol–water partition coefficient (Wildman–Crippen LogP) is 3.80. The van der Waals surface area contributed by atoms with Crippen LogP contribution in [-0.4, -0.2) is 16.3 Å². The van der Waals surface area contributed by atoms with E-state index < -0.39 is 6.10 Å². The van der Waals surface area contributed by atoms with Gasteiger partial charge >= 0.3 is 0 Å². The number of hydrogen-bond donors (Lipinski definition) is 1. The van der Waals surface area contributed by atoms with E-state index in [1.165, 1.54) is 24.0 Å². The van der Waals surface area contributed by atoms with Gasteiger partial charge in [0.15, 0.2) is 0 Å². The summed E-state index contributed by atoms with van der Waals surface area (Å²) in [5.74, 6) is 0.150. The molecule has 1 heterocycles. The number of rotatable bonds is 2. The lowest BCUT2D eigenvalue weighted by Gasteiger charge is -2.30. The first kappa shape index (κ1) is 14.1. The summed E-state index contributed by atoms with van der Waals surface area (Å²) in [5.41, 5.74) is 3.53. The van der Waals surface area contributed by atoms with Crippen LogP contribution in [0, 0.1) is 5.92 Å². The third-order valence-corrected chi connectivity index (χ3v) is 4.99. The van der Waals surface area contributed by atoms with E-state index in [1.807, 2.05) is 0 Å². The highest BCUT2D eigenvalue weighted by Gasteiger charge is 2.49. The minimum Gasteiger partial charge on any atom is -0.388 e. The molecule has 1 aliphatic carbocycles. The number of ether oxygens (including phenoxy) is 1. The van der Waals surface area contributed by atoms with Gasteiger partial charge in [-0.15, -0.1) is 0 Å². The van der Waals surface area contributed by atoms with Crippen LogP contribution < -0.4 is 0 Å². The van der Waals surface area contributed by atoms with Gasteiger partial charge in [0.1, 0.15) is 0 Å². The second-order valence-corrected chi connectivity index (χ2v) is 7.60. The molecule has 1 fully saturated rings. The fourth-order valence-electron chi connectivity index (χ4n) is 4.10. The zero-order valence-electron chi connectivity index (χ0n) is 13.1. The maximum absolute atomic E-state index is 10.8. The van der Waals surface area contributed by atoms with Gasteiger partial charge < -0.3 is 9.84 Å². The van der Waals surface area contributed by atoms with Crippen molar-refractivity contribution < 1.29 is 9.84 Å². The van der Waals surface area contributed by atoms with Crippen LogP contribution in [0.4, 0.5) is 0 Å². The lowest BCUT2D eigenvalue weighted by molar-refractivity contribution is -0.0880. The summed E-state index contributed by atoms with van der Waals surface area (Å²) in [6.45, 7) is 8.43. The van der Waals surface area contributed by atoms with Crippen molar-refractivity contribution in [3.05, 3.63) is 34.9 Å². The Morgan fingerprint density at radius 1 is 1.15 bits per heavy atom. The SMILES string of the molecule is CC1(C)CC(C(O)c2ccc3c(c2)CCC3)C(C)(C)O1. The summed E-state index contributed by atoms with van der Waals surface area (Å²) in [6, 6.07) is 6.53. The van der Waals surface area contributed by atoms with Gasteiger partial charge in [-0.3, -0.25) is 0 Å². The quantitative estimate of drug-likeness (QED) is 0.889. The maximum atomic E-state index is 10.8. The lowest BCUT2D eigenvalue weighted by atomic mass is 9.80. The molecule has 1 aliphatic heterocycles.